The minimum atomic E-state index is -0.168. The van der Waals surface area contributed by atoms with Gasteiger partial charge in [0.2, 0.25) is 5.91 Å². The van der Waals surface area contributed by atoms with Gasteiger partial charge < -0.3 is 19.5 Å². The molecule has 1 aromatic carbocycles. The van der Waals surface area contributed by atoms with Crippen LogP contribution in [0, 0.1) is 6.92 Å². The lowest BCUT2D eigenvalue weighted by Crippen LogP contribution is -2.41. The first kappa shape index (κ1) is 21.1. The summed E-state index contributed by atoms with van der Waals surface area (Å²) in [5, 5.41) is 11.9. The van der Waals surface area contributed by atoms with E-state index in [1.807, 2.05) is 29.7 Å². The lowest BCUT2D eigenvalue weighted by molar-refractivity contribution is -0.132. The summed E-state index contributed by atoms with van der Waals surface area (Å²) in [6, 6.07) is 7.40. The summed E-state index contributed by atoms with van der Waals surface area (Å²) in [7, 11) is 0. The molecule has 1 saturated heterocycles. The van der Waals surface area contributed by atoms with Gasteiger partial charge in [-0.2, -0.15) is 0 Å². The molecule has 2 heterocycles. The average Bonchev–Trinajstić information content (AvgIpc) is 3.12. The van der Waals surface area contributed by atoms with Crippen molar-refractivity contribution in [3.05, 3.63) is 53.9 Å². The van der Waals surface area contributed by atoms with E-state index in [4.69, 9.17) is 4.74 Å². The number of carbonyl (C=O) groups excluding carboxylic acids is 2. The fourth-order valence-electron chi connectivity index (χ4n) is 2.95. The summed E-state index contributed by atoms with van der Waals surface area (Å²) >= 11 is 1.34. The smallest absolute Gasteiger partial charge is 0.251 e. The van der Waals surface area contributed by atoms with Crippen LogP contribution in [0.25, 0.3) is 0 Å². The number of amides is 2. The molecule has 0 radical (unpaired) electrons. The van der Waals surface area contributed by atoms with Crippen molar-refractivity contribution in [1.82, 2.24) is 25.0 Å². The van der Waals surface area contributed by atoms with Crippen molar-refractivity contribution in [2.75, 3.05) is 32.1 Å². The molecule has 0 saturated carbocycles. The lowest BCUT2D eigenvalue weighted by atomic mass is 10.1. The van der Waals surface area contributed by atoms with Gasteiger partial charge >= 0.3 is 0 Å². The molecule has 1 aliphatic heterocycles. The first-order valence-electron chi connectivity index (χ1n) is 9.44. The number of allylic oxidation sites excluding steroid dienone is 1. The molecule has 1 fully saturated rings. The fourth-order valence-corrected chi connectivity index (χ4v) is 3.82. The van der Waals surface area contributed by atoms with Crippen LogP contribution in [0.5, 0.6) is 0 Å². The number of aromatic nitrogens is 3. The van der Waals surface area contributed by atoms with Crippen LogP contribution in [0.1, 0.15) is 21.7 Å². The molecule has 3 rings (SSSR count). The minimum absolute atomic E-state index is 0.0563. The molecule has 154 valence electrons. The van der Waals surface area contributed by atoms with Gasteiger partial charge in [0.15, 0.2) is 11.0 Å². The van der Waals surface area contributed by atoms with Crippen LogP contribution < -0.4 is 5.32 Å². The first-order chi connectivity index (χ1) is 14.1. The maximum Gasteiger partial charge on any atom is 0.251 e. The van der Waals surface area contributed by atoms with Crippen molar-refractivity contribution in [2.45, 2.75) is 25.2 Å². The van der Waals surface area contributed by atoms with Gasteiger partial charge in [-0.1, -0.05) is 35.5 Å². The third-order valence-electron chi connectivity index (χ3n) is 4.48. The van der Waals surface area contributed by atoms with Crippen LogP contribution in [0.4, 0.5) is 0 Å². The number of nitrogens with zero attached hydrogens (tertiary/aromatic N) is 4. The zero-order chi connectivity index (χ0) is 20.6. The van der Waals surface area contributed by atoms with Gasteiger partial charge in [-0.3, -0.25) is 9.59 Å². The average molecular weight is 416 g/mol. The fraction of sp³-hybridized carbons (Fsp3) is 0.400. The van der Waals surface area contributed by atoms with Crippen molar-refractivity contribution in [2.24, 2.45) is 0 Å². The predicted octanol–water partition coefficient (Wildman–Crippen LogP) is 1.65. The summed E-state index contributed by atoms with van der Waals surface area (Å²) in [6.07, 6.45) is 1.74. The van der Waals surface area contributed by atoms with Crippen LogP contribution in [-0.2, 0) is 22.6 Å². The first-order valence-corrected chi connectivity index (χ1v) is 10.4. The zero-order valence-corrected chi connectivity index (χ0v) is 17.3. The number of aryl methyl sites for hydroxylation is 1. The Balaban J connectivity index is 1.61. The van der Waals surface area contributed by atoms with Gasteiger partial charge in [-0.25, -0.2) is 0 Å². The SMILES string of the molecule is C=CCn1c(CNC(=O)c2cccc(C)c2)nnc1SCC(=O)N1CCOCC1. The molecule has 0 unspecified atom stereocenters. The highest BCUT2D eigenvalue weighted by molar-refractivity contribution is 7.99. The molecule has 8 nitrogen and oxygen atoms in total. The number of ether oxygens (including phenoxy) is 1. The number of hydrogen-bond donors (Lipinski definition) is 1. The van der Waals surface area contributed by atoms with Crippen LogP contribution >= 0.6 is 11.8 Å². The molecule has 2 aromatic rings. The van der Waals surface area contributed by atoms with E-state index < -0.39 is 0 Å². The zero-order valence-electron chi connectivity index (χ0n) is 16.5. The van der Waals surface area contributed by atoms with Gasteiger partial charge in [0, 0.05) is 25.2 Å². The molecular formula is C20H25N5O3S. The molecule has 1 aliphatic rings. The number of nitrogens with one attached hydrogen (secondary N) is 1. The molecule has 0 aliphatic carbocycles. The summed E-state index contributed by atoms with van der Waals surface area (Å²) in [6.45, 7) is 8.85. The van der Waals surface area contributed by atoms with Gasteiger partial charge in [0.1, 0.15) is 0 Å². The quantitative estimate of drug-likeness (QED) is 0.521. The third-order valence-corrected chi connectivity index (χ3v) is 5.43. The van der Waals surface area contributed by atoms with Crippen LogP contribution in [-0.4, -0.2) is 63.5 Å². The van der Waals surface area contributed by atoms with Crippen molar-refractivity contribution in [3.63, 3.8) is 0 Å². The molecule has 29 heavy (non-hydrogen) atoms. The highest BCUT2D eigenvalue weighted by Gasteiger charge is 2.19. The minimum Gasteiger partial charge on any atom is -0.378 e. The highest BCUT2D eigenvalue weighted by Crippen LogP contribution is 2.18. The Morgan fingerprint density at radius 2 is 2.10 bits per heavy atom. The maximum atomic E-state index is 12.4. The van der Waals surface area contributed by atoms with Gasteiger partial charge in [-0.05, 0) is 19.1 Å². The normalized spacial score (nSPS) is 13.9. The largest absolute Gasteiger partial charge is 0.378 e. The number of thioether (sulfide) groups is 1. The van der Waals surface area contributed by atoms with Crippen LogP contribution in [0.3, 0.4) is 0 Å². The number of morpholine rings is 1. The van der Waals surface area contributed by atoms with E-state index in [9.17, 15) is 9.59 Å². The molecule has 2 amide bonds. The predicted molar refractivity (Wildman–Crippen MR) is 111 cm³/mol. The Labute approximate surface area is 174 Å². The van der Waals surface area contributed by atoms with E-state index in [0.717, 1.165) is 5.56 Å². The lowest BCUT2D eigenvalue weighted by Gasteiger charge is -2.26. The summed E-state index contributed by atoms with van der Waals surface area (Å²) in [5.74, 6) is 0.789. The van der Waals surface area contributed by atoms with E-state index >= 15 is 0 Å². The number of rotatable bonds is 8. The van der Waals surface area contributed by atoms with E-state index in [1.165, 1.54) is 11.8 Å². The molecular weight excluding hydrogens is 390 g/mol. The second-order valence-electron chi connectivity index (χ2n) is 6.63. The number of hydrogen-bond acceptors (Lipinski definition) is 6. The third kappa shape index (κ3) is 5.68. The van der Waals surface area contributed by atoms with Crippen molar-refractivity contribution in [1.29, 1.82) is 0 Å². The van der Waals surface area contributed by atoms with Crippen molar-refractivity contribution < 1.29 is 14.3 Å². The Kier molecular flexibility index (Phi) is 7.42. The summed E-state index contributed by atoms with van der Waals surface area (Å²) in [5.41, 5.74) is 1.63. The topological polar surface area (TPSA) is 89.3 Å². The van der Waals surface area contributed by atoms with E-state index in [2.05, 4.69) is 22.1 Å². The molecule has 0 atom stereocenters. The van der Waals surface area contributed by atoms with E-state index in [-0.39, 0.29) is 24.1 Å². The Morgan fingerprint density at radius 1 is 1.31 bits per heavy atom. The second-order valence-corrected chi connectivity index (χ2v) is 7.57. The molecule has 0 bridgehead atoms. The summed E-state index contributed by atoms with van der Waals surface area (Å²) < 4.78 is 7.14. The molecule has 1 N–H and O–H groups in total. The van der Waals surface area contributed by atoms with Crippen LogP contribution in [0.2, 0.25) is 0 Å². The van der Waals surface area contributed by atoms with Crippen LogP contribution in [0.15, 0.2) is 42.1 Å². The Bertz CT molecular complexity index is 877. The maximum absolute atomic E-state index is 12.4. The molecule has 9 heteroatoms. The Morgan fingerprint density at radius 3 is 2.83 bits per heavy atom. The van der Waals surface area contributed by atoms with Gasteiger partial charge in [0.05, 0.1) is 25.5 Å². The molecule has 1 aromatic heterocycles. The van der Waals surface area contributed by atoms with Crippen molar-refractivity contribution in [3.8, 4) is 0 Å². The summed E-state index contributed by atoms with van der Waals surface area (Å²) in [4.78, 5) is 26.5. The van der Waals surface area contributed by atoms with Gasteiger partial charge in [-0.15, -0.1) is 16.8 Å². The molecule has 0 spiro atoms. The second kappa shape index (κ2) is 10.2. The Hall–Kier alpha value is -2.65. The standard InChI is InChI=1S/C20H25N5O3S/c1-3-7-25-17(13-21-19(27)16-6-4-5-15(2)12-16)22-23-20(25)29-14-18(26)24-8-10-28-11-9-24/h3-6,12H,1,7-11,13-14H2,2H3,(H,21,27). The van der Waals surface area contributed by atoms with Crippen molar-refractivity contribution >= 4 is 23.6 Å². The monoisotopic (exact) mass is 415 g/mol. The highest BCUT2D eigenvalue weighted by atomic mass is 32.2. The van der Waals surface area contributed by atoms with E-state index in [0.29, 0.717) is 49.4 Å². The van der Waals surface area contributed by atoms with Gasteiger partial charge in [0.25, 0.3) is 5.91 Å². The number of benzene rings is 1. The number of carbonyl (C=O) groups is 2. The van der Waals surface area contributed by atoms with E-state index in [1.54, 1.807) is 17.0 Å².